The first-order valence-corrected chi connectivity index (χ1v) is 5.36. The van der Waals surface area contributed by atoms with Gasteiger partial charge in [-0.05, 0) is 0 Å². The predicted molar refractivity (Wildman–Crippen MR) is 60.4 cm³/mol. The van der Waals surface area contributed by atoms with E-state index in [1.165, 1.54) is 17.5 Å². The van der Waals surface area contributed by atoms with Crippen LogP contribution in [0.1, 0.15) is 16.6 Å². The van der Waals surface area contributed by atoms with Crippen molar-refractivity contribution in [1.82, 2.24) is 10.3 Å². The fraction of sp³-hybridized carbons (Fsp3) is 0.375. The van der Waals surface area contributed by atoms with Crippen LogP contribution in [-0.4, -0.2) is 22.4 Å². The number of aromatic nitrogens is 1. The third-order valence-electron chi connectivity index (χ3n) is 1.71. The molecule has 1 heterocycles. The molecule has 0 aromatic carbocycles. The van der Waals surface area contributed by atoms with Gasteiger partial charge in [-0.2, -0.15) is 0 Å². The molecule has 1 aromatic rings. The summed E-state index contributed by atoms with van der Waals surface area (Å²) < 4.78 is 0. The van der Waals surface area contributed by atoms with Gasteiger partial charge in [0.15, 0.2) is 0 Å². The van der Waals surface area contributed by atoms with Crippen molar-refractivity contribution in [3.63, 3.8) is 0 Å². The summed E-state index contributed by atoms with van der Waals surface area (Å²) >= 11 is 6.09. The number of hydrogen-bond donors (Lipinski definition) is 2. The number of amides is 1. The van der Waals surface area contributed by atoms with Gasteiger partial charge in [-0.25, -0.2) is 0 Å². The van der Waals surface area contributed by atoms with E-state index >= 15 is 0 Å². The maximum Gasteiger partial charge on any atom is 0.263 e. The van der Waals surface area contributed by atoms with E-state index in [1.807, 2.05) is 6.92 Å². The molecule has 1 atom stereocenters. The van der Waals surface area contributed by atoms with Crippen molar-refractivity contribution in [2.45, 2.75) is 6.92 Å². The Labute approximate surface area is 91.5 Å². The molecule has 4 nitrogen and oxygen atoms in total. The molecule has 3 N–H and O–H groups in total. The summed E-state index contributed by atoms with van der Waals surface area (Å²) in [4.78, 5) is 16.2. The minimum atomic E-state index is -0.129. The van der Waals surface area contributed by atoms with Crippen molar-refractivity contribution in [1.29, 1.82) is 0 Å². The molecule has 0 aliphatic carbocycles. The molecule has 0 fully saturated rings. The Hall–Kier alpha value is -1.01. The number of thiazole rings is 1. The number of rotatable bonds is 4. The van der Waals surface area contributed by atoms with Crippen LogP contribution in [0.3, 0.4) is 0 Å². The lowest BCUT2D eigenvalue weighted by molar-refractivity contribution is 0.0955. The maximum atomic E-state index is 11.4. The Morgan fingerprint density at radius 3 is 3.07 bits per heavy atom. The second-order valence-electron chi connectivity index (χ2n) is 2.88. The first-order valence-electron chi connectivity index (χ1n) is 4.07. The summed E-state index contributed by atoms with van der Waals surface area (Å²) in [6.45, 7) is 2.33. The van der Waals surface area contributed by atoms with Crippen LogP contribution in [0.4, 0.5) is 0 Å². The average Bonchev–Trinajstić information content (AvgIpc) is 2.66. The molecule has 0 saturated heterocycles. The fourth-order valence-corrected chi connectivity index (χ4v) is 1.38. The molecule has 0 saturated carbocycles. The number of nitrogens with two attached hydrogens (primary N) is 1. The third kappa shape index (κ3) is 3.04. The van der Waals surface area contributed by atoms with Gasteiger partial charge in [-0.15, -0.1) is 11.3 Å². The molecule has 0 aliphatic rings. The normalized spacial score (nSPS) is 12.1. The minimum Gasteiger partial charge on any atom is -0.393 e. The van der Waals surface area contributed by atoms with E-state index < -0.39 is 0 Å². The summed E-state index contributed by atoms with van der Waals surface area (Å²) in [6, 6.07) is 0. The minimum absolute atomic E-state index is 0.0156. The molecule has 1 amide bonds. The van der Waals surface area contributed by atoms with Crippen LogP contribution in [0, 0.1) is 5.92 Å². The van der Waals surface area contributed by atoms with Crippen molar-refractivity contribution in [3.05, 3.63) is 16.6 Å². The highest BCUT2D eigenvalue weighted by atomic mass is 32.1. The smallest absolute Gasteiger partial charge is 0.263 e. The van der Waals surface area contributed by atoms with E-state index in [4.69, 9.17) is 18.0 Å². The number of thiocarbonyl (C=S) groups is 1. The average molecular weight is 229 g/mol. The zero-order valence-corrected chi connectivity index (χ0v) is 9.32. The Kier molecular flexibility index (Phi) is 3.97. The largest absolute Gasteiger partial charge is 0.393 e. The summed E-state index contributed by atoms with van der Waals surface area (Å²) in [5.74, 6) is -0.113. The van der Waals surface area contributed by atoms with E-state index in [-0.39, 0.29) is 11.8 Å². The second kappa shape index (κ2) is 5.02. The second-order valence-corrected chi connectivity index (χ2v) is 4.24. The number of carbonyl (C=O) groups excluding carboxylic acids is 1. The van der Waals surface area contributed by atoms with Gasteiger partial charge in [0.05, 0.1) is 16.7 Å². The lowest BCUT2D eigenvalue weighted by Gasteiger charge is -2.09. The Bertz CT molecular complexity index is 323. The monoisotopic (exact) mass is 229 g/mol. The summed E-state index contributed by atoms with van der Waals surface area (Å²) in [7, 11) is 0. The maximum absolute atomic E-state index is 11.4. The molecule has 0 spiro atoms. The quantitative estimate of drug-likeness (QED) is 0.749. The molecular weight excluding hydrogens is 218 g/mol. The van der Waals surface area contributed by atoms with Gasteiger partial charge < -0.3 is 11.1 Å². The molecule has 0 aliphatic heterocycles. The van der Waals surface area contributed by atoms with Crippen LogP contribution >= 0.6 is 23.6 Å². The molecule has 76 valence electrons. The predicted octanol–water partition coefficient (Wildman–Crippen LogP) is 0.795. The van der Waals surface area contributed by atoms with Crippen molar-refractivity contribution in [2.24, 2.45) is 11.7 Å². The molecule has 1 unspecified atom stereocenters. The van der Waals surface area contributed by atoms with E-state index in [0.29, 0.717) is 16.4 Å². The highest BCUT2D eigenvalue weighted by molar-refractivity contribution is 7.80. The van der Waals surface area contributed by atoms with Gasteiger partial charge in [0, 0.05) is 12.5 Å². The number of nitrogens with one attached hydrogen (secondary N) is 1. The summed E-state index contributed by atoms with van der Waals surface area (Å²) in [5, 5.41) is 2.73. The molecule has 6 heteroatoms. The van der Waals surface area contributed by atoms with Crippen LogP contribution in [-0.2, 0) is 0 Å². The topological polar surface area (TPSA) is 68.0 Å². The van der Waals surface area contributed by atoms with Gasteiger partial charge in [0.2, 0.25) is 0 Å². The number of hydrogen-bond acceptors (Lipinski definition) is 4. The standard InChI is InChI=1S/C8H11N3OS2/c1-5(7(9)13)2-11-8(12)6-3-10-4-14-6/h3-5H,2H2,1H3,(H2,9,13)(H,11,12). The molecule has 0 bridgehead atoms. The van der Waals surface area contributed by atoms with Crippen molar-refractivity contribution >= 4 is 34.5 Å². The van der Waals surface area contributed by atoms with Crippen molar-refractivity contribution in [3.8, 4) is 0 Å². The highest BCUT2D eigenvalue weighted by Gasteiger charge is 2.10. The number of nitrogens with zero attached hydrogens (tertiary/aromatic N) is 1. The van der Waals surface area contributed by atoms with E-state index in [1.54, 1.807) is 5.51 Å². The lowest BCUT2D eigenvalue weighted by atomic mass is 10.2. The van der Waals surface area contributed by atoms with Crippen LogP contribution in [0.2, 0.25) is 0 Å². The molecular formula is C8H11N3OS2. The van der Waals surface area contributed by atoms with Crippen LogP contribution in [0.5, 0.6) is 0 Å². The van der Waals surface area contributed by atoms with Gasteiger partial charge in [0.25, 0.3) is 5.91 Å². The van der Waals surface area contributed by atoms with Crippen molar-refractivity contribution in [2.75, 3.05) is 6.54 Å². The van der Waals surface area contributed by atoms with Crippen LogP contribution in [0.25, 0.3) is 0 Å². The number of carbonyl (C=O) groups is 1. The van der Waals surface area contributed by atoms with E-state index in [9.17, 15) is 4.79 Å². The Morgan fingerprint density at radius 1 is 1.86 bits per heavy atom. The van der Waals surface area contributed by atoms with Crippen LogP contribution in [0.15, 0.2) is 11.7 Å². The Balaban J connectivity index is 2.40. The van der Waals surface area contributed by atoms with Gasteiger partial charge in [0.1, 0.15) is 4.88 Å². The fourth-order valence-electron chi connectivity index (χ4n) is 0.761. The van der Waals surface area contributed by atoms with Gasteiger partial charge >= 0.3 is 0 Å². The third-order valence-corrected chi connectivity index (χ3v) is 2.88. The van der Waals surface area contributed by atoms with Gasteiger partial charge in [-0.3, -0.25) is 9.78 Å². The molecule has 1 rings (SSSR count). The zero-order valence-electron chi connectivity index (χ0n) is 7.69. The van der Waals surface area contributed by atoms with E-state index in [2.05, 4.69) is 10.3 Å². The SMILES string of the molecule is CC(CNC(=O)c1cncs1)C(N)=S. The summed E-state index contributed by atoms with van der Waals surface area (Å²) in [5.41, 5.74) is 7.03. The first kappa shape index (κ1) is 11.1. The molecule has 0 radical (unpaired) electrons. The first-order chi connectivity index (χ1) is 6.61. The zero-order chi connectivity index (χ0) is 10.6. The molecule has 14 heavy (non-hydrogen) atoms. The summed E-state index contributed by atoms with van der Waals surface area (Å²) in [6.07, 6.45) is 1.53. The molecule has 1 aromatic heterocycles. The van der Waals surface area contributed by atoms with Gasteiger partial charge in [-0.1, -0.05) is 19.1 Å². The van der Waals surface area contributed by atoms with Crippen LogP contribution < -0.4 is 11.1 Å². The highest BCUT2D eigenvalue weighted by Crippen LogP contribution is 2.04. The lowest BCUT2D eigenvalue weighted by Crippen LogP contribution is -2.33. The Morgan fingerprint density at radius 2 is 2.57 bits per heavy atom. The van der Waals surface area contributed by atoms with E-state index in [0.717, 1.165) is 0 Å². The van der Waals surface area contributed by atoms with Crippen molar-refractivity contribution < 1.29 is 4.79 Å².